The van der Waals surface area contributed by atoms with Crippen molar-refractivity contribution in [1.29, 1.82) is 0 Å². The summed E-state index contributed by atoms with van der Waals surface area (Å²) in [4.78, 5) is 45.1. The number of thiazole rings is 1. The summed E-state index contributed by atoms with van der Waals surface area (Å²) in [7, 11) is 0. The van der Waals surface area contributed by atoms with Gasteiger partial charge in [-0.1, -0.05) is 38.1 Å². The first-order chi connectivity index (χ1) is 16.7. The Morgan fingerprint density at radius 3 is 2.57 bits per heavy atom. The molecule has 8 nitrogen and oxygen atoms in total. The molecule has 3 N–H and O–H groups in total. The van der Waals surface area contributed by atoms with Crippen molar-refractivity contribution in [1.82, 2.24) is 20.5 Å². The van der Waals surface area contributed by atoms with E-state index >= 15 is 0 Å². The van der Waals surface area contributed by atoms with Crippen molar-refractivity contribution < 1.29 is 19.5 Å². The molecule has 10 heteroatoms. The molecule has 3 atom stereocenters. The van der Waals surface area contributed by atoms with Gasteiger partial charge in [0.05, 0.1) is 22.2 Å². The molecule has 1 aliphatic heterocycles. The second kappa shape index (κ2) is 12.5. The maximum atomic E-state index is 13.1. The number of likely N-dealkylation sites (tertiary alicyclic amines) is 1. The summed E-state index contributed by atoms with van der Waals surface area (Å²) in [5, 5.41) is 15.8. The van der Waals surface area contributed by atoms with Crippen molar-refractivity contribution in [3.63, 3.8) is 0 Å². The Labute approximate surface area is 215 Å². The summed E-state index contributed by atoms with van der Waals surface area (Å²) in [5.41, 5.74) is 4.80. The van der Waals surface area contributed by atoms with Gasteiger partial charge in [0.15, 0.2) is 0 Å². The summed E-state index contributed by atoms with van der Waals surface area (Å²) in [6.45, 7) is 6.38. The third kappa shape index (κ3) is 7.28. The zero-order valence-electron chi connectivity index (χ0n) is 20.4. The van der Waals surface area contributed by atoms with Crippen LogP contribution in [0.2, 0.25) is 0 Å². The SMILES string of the molecule is Cc1ncsc1-c1ccc(CNC(=O)[C@@H]2C[C@@H](O)CN2C(=O)[C@H](CS)NC(=O)CCC(C)C)cc1. The van der Waals surface area contributed by atoms with Crippen LogP contribution in [0.15, 0.2) is 29.8 Å². The number of aliphatic hydroxyl groups is 1. The van der Waals surface area contributed by atoms with Gasteiger partial charge in [0.2, 0.25) is 17.7 Å². The fraction of sp³-hybridized carbons (Fsp3) is 0.520. The predicted molar refractivity (Wildman–Crippen MR) is 140 cm³/mol. The fourth-order valence-corrected chi connectivity index (χ4v) is 5.10. The molecule has 1 aromatic carbocycles. The molecule has 0 aliphatic carbocycles. The van der Waals surface area contributed by atoms with Gasteiger partial charge in [0.25, 0.3) is 0 Å². The van der Waals surface area contributed by atoms with Crippen molar-refractivity contribution in [2.24, 2.45) is 5.92 Å². The fourth-order valence-electron chi connectivity index (χ4n) is 4.04. The molecule has 0 radical (unpaired) electrons. The first-order valence-corrected chi connectivity index (χ1v) is 13.4. The smallest absolute Gasteiger partial charge is 0.246 e. The number of aryl methyl sites for hydroxylation is 1. The van der Waals surface area contributed by atoms with Crippen LogP contribution >= 0.6 is 24.0 Å². The van der Waals surface area contributed by atoms with Gasteiger partial charge in [0, 0.05) is 31.7 Å². The molecule has 3 amide bonds. The molecular formula is C25H34N4O4S2. The maximum Gasteiger partial charge on any atom is 0.246 e. The van der Waals surface area contributed by atoms with E-state index < -0.39 is 24.1 Å². The molecule has 0 saturated carbocycles. The molecule has 0 unspecified atom stereocenters. The standard InChI is InChI=1S/C25H34N4O4S2/c1-15(2)4-9-22(31)28-20(13-34)25(33)29-12-19(30)10-21(29)24(32)26-11-17-5-7-18(8-6-17)23-16(3)27-14-35-23/h5-8,14-15,19-21,30,34H,4,9-13H2,1-3H3,(H,26,32)(H,28,31)/t19-,20+,21+/m1/s1. The van der Waals surface area contributed by atoms with E-state index in [0.29, 0.717) is 18.9 Å². The van der Waals surface area contributed by atoms with Gasteiger partial charge in [-0.15, -0.1) is 11.3 Å². The Bertz CT molecular complexity index is 1020. The topological polar surface area (TPSA) is 112 Å². The Kier molecular flexibility index (Phi) is 9.71. The lowest BCUT2D eigenvalue weighted by atomic mass is 10.1. The van der Waals surface area contributed by atoms with Crippen molar-refractivity contribution in [2.75, 3.05) is 12.3 Å². The molecule has 2 aromatic rings. The lowest BCUT2D eigenvalue weighted by Gasteiger charge is -2.28. The maximum absolute atomic E-state index is 13.1. The molecular weight excluding hydrogens is 484 g/mol. The quantitative estimate of drug-likeness (QED) is 0.361. The van der Waals surface area contributed by atoms with Crippen LogP contribution in [0.25, 0.3) is 10.4 Å². The van der Waals surface area contributed by atoms with Gasteiger partial charge in [0.1, 0.15) is 12.1 Å². The first kappa shape index (κ1) is 27.2. The van der Waals surface area contributed by atoms with Gasteiger partial charge >= 0.3 is 0 Å². The highest BCUT2D eigenvalue weighted by Crippen LogP contribution is 2.27. The number of aliphatic hydroxyl groups excluding tert-OH is 1. The van der Waals surface area contributed by atoms with E-state index in [2.05, 4.69) is 28.2 Å². The zero-order valence-corrected chi connectivity index (χ0v) is 22.1. The van der Waals surface area contributed by atoms with Crippen LogP contribution in [0.4, 0.5) is 0 Å². The third-order valence-corrected chi connectivity index (χ3v) is 7.40. The van der Waals surface area contributed by atoms with Crippen LogP contribution in [0.1, 0.15) is 44.4 Å². The lowest BCUT2D eigenvalue weighted by molar-refractivity contribution is -0.141. The van der Waals surface area contributed by atoms with E-state index in [1.165, 1.54) is 4.90 Å². The van der Waals surface area contributed by atoms with Gasteiger partial charge in [-0.05, 0) is 30.4 Å². The van der Waals surface area contributed by atoms with Crippen LogP contribution in [0.3, 0.4) is 0 Å². The Morgan fingerprint density at radius 1 is 1.26 bits per heavy atom. The number of β-amino-alcohol motifs (C(OH)–C–C–N with tert-alkyl or cyclic N) is 1. The summed E-state index contributed by atoms with van der Waals surface area (Å²) in [6.07, 6.45) is 0.400. The van der Waals surface area contributed by atoms with Gasteiger partial charge in [-0.2, -0.15) is 12.6 Å². The molecule has 1 saturated heterocycles. The molecule has 35 heavy (non-hydrogen) atoms. The first-order valence-electron chi connectivity index (χ1n) is 11.9. The van der Waals surface area contributed by atoms with E-state index in [4.69, 9.17) is 0 Å². The minimum absolute atomic E-state index is 0.0476. The minimum atomic E-state index is -0.846. The van der Waals surface area contributed by atoms with Crippen LogP contribution in [-0.4, -0.2) is 63.2 Å². The van der Waals surface area contributed by atoms with E-state index in [0.717, 1.165) is 28.1 Å². The molecule has 0 spiro atoms. The van der Waals surface area contributed by atoms with Gasteiger partial charge in [-0.3, -0.25) is 14.4 Å². The molecule has 3 rings (SSSR count). The largest absolute Gasteiger partial charge is 0.391 e. The van der Waals surface area contributed by atoms with E-state index in [1.54, 1.807) is 11.3 Å². The Balaban J connectivity index is 1.59. The molecule has 2 heterocycles. The summed E-state index contributed by atoms with van der Waals surface area (Å²) in [5.74, 6) is -0.469. The molecule has 190 valence electrons. The summed E-state index contributed by atoms with van der Waals surface area (Å²) >= 11 is 5.82. The number of amides is 3. The minimum Gasteiger partial charge on any atom is -0.391 e. The highest BCUT2D eigenvalue weighted by Gasteiger charge is 2.41. The van der Waals surface area contributed by atoms with Gasteiger partial charge < -0.3 is 20.6 Å². The average molecular weight is 519 g/mol. The van der Waals surface area contributed by atoms with E-state index in [-0.39, 0.29) is 30.5 Å². The van der Waals surface area contributed by atoms with E-state index in [1.807, 2.05) is 50.5 Å². The van der Waals surface area contributed by atoms with Crippen LogP contribution in [0, 0.1) is 12.8 Å². The number of hydrogen-bond acceptors (Lipinski definition) is 7. The second-order valence-electron chi connectivity index (χ2n) is 9.31. The number of aromatic nitrogens is 1. The highest BCUT2D eigenvalue weighted by molar-refractivity contribution is 7.80. The van der Waals surface area contributed by atoms with Crippen LogP contribution in [-0.2, 0) is 20.9 Å². The summed E-state index contributed by atoms with van der Waals surface area (Å²) < 4.78 is 0. The van der Waals surface area contributed by atoms with Crippen molar-refractivity contribution in [3.05, 3.63) is 41.0 Å². The van der Waals surface area contributed by atoms with Crippen molar-refractivity contribution in [3.8, 4) is 10.4 Å². The third-order valence-electron chi connectivity index (χ3n) is 6.06. The number of hydrogen-bond donors (Lipinski definition) is 4. The van der Waals surface area contributed by atoms with Crippen LogP contribution in [0.5, 0.6) is 0 Å². The number of carbonyl (C=O) groups excluding carboxylic acids is 3. The number of nitrogens with one attached hydrogen (secondary N) is 2. The molecule has 1 fully saturated rings. The molecule has 0 bridgehead atoms. The second-order valence-corrected chi connectivity index (χ2v) is 10.5. The molecule has 1 aromatic heterocycles. The molecule has 1 aliphatic rings. The highest BCUT2D eigenvalue weighted by atomic mass is 32.1. The Morgan fingerprint density at radius 2 is 1.97 bits per heavy atom. The zero-order chi connectivity index (χ0) is 25.5. The number of nitrogens with zero attached hydrogens (tertiary/aromatic N) is 2. The number of thiol groups is 1. The predicted octanol–water partition coefficient (Wildman–Crippen LogP) is 2.55. The number of benzene rings is 1. The van der Waals surface area contributed by atoms with E-state index in [9.17, 15) is 19.5 Å². The summed E-state index contributed by atoms with van der Waals surface area (Å²) in [6, 6.07) is 6.25. The number of carbonyl (C=O) groups is 3. The number of rotatable bonds is 10. The average Bonchev–Trinajstić information content (AvgIpc) is 3.45. The normalized spacial score (nSPS) is 18.5. The van der Waals surface area contributed by atoms with Crippen molar-refractivity contribution >= 4 is 41.7 Å². The van der Waals surface area contributed by atoms with Crippen molar-refractivity contribution in [2.45, 2.75) is 64.8 Å². The van der Waals surface area contributed by atoms with Crippen LogP contribution < -0.4 is 10.6 Å². The lowest BCUT2D eigenvalue weighted by Crippen LogP contribution is -2.54. The van der Waals surface area contributed by atoms with Gasteiger partial charge in [-0.25, -0.2) is 4.98 Å². The monoisotopic (exact) mass is 518 g/mol. The Hall–Kier alpha value is -2.43.